The van der Waals surface area contributed by atoms with Crippen molar-refractivity contribution in [1.29, 1.82) is 0 Å². The molecule has 0 spiro atoms. The topological polar surface area (TPSA) is 106 Å². The fourth-order valence-electron chi connectivity index (χ4n) is 2.07. The Labute approximate surface area is 109 Å². The van der Waals surface area contributed by atoms with Gasteiger partial charge in [0.25, 0.3) is 0 Å². The molecule has 1 aromatic carbocycles. The van der Waals surface area contributed by atoms with Crippen molar-refractivity contribution >= 4 is 23.2 Å². The molecule has 0 aliphatic carbocycles. The van der Waals surface area contributed by atoms with Crippen LogP contribution in [0.1, 0.15) is 24.3 Å². The number of carbonyl (C=O) groups excluding carboxylic acids is 2. The number of amides is 1. The monoisotopic (exact) mass is 262 g/mol. The van der Waals surface area contributed by atoms with Gasteiger partial charge in [-0.2, -0.15) is 0 Å². The van der Waals surface area contributed by atoms with Crippen LogP contribution in [0.15, 0.2) is 28.9 Å². The maximum absolute atomic E-state index is 11.8. The van der Waals surface area contributed by atoms with Crippen LogP contribution in [-0.4, -0.2) is 17.3 Å². The largest absolute Gasteiger partial charge is 0.508 e. The summed E-state index contributed by atoms with van der Waals surface area (Å²) in [4.78, 5) is 22.3. The SMILES string of the molecule is NNC(=O)C(CCC=O)c1coc2ccc(O)cc12. The number of hydrogen-bond donors (Lipinski definition) is 3. The third-order valence-electron chi connectivity index (χ3n) is 2.99. The van der Waals surface area contributed by atoms with Crippen molar-refractivity contribution in [2.24, 2.45) is 5.84 Å². The summed E-state index contributed by atoms with van der Waals surface area (Å²) in [6.45, 7) is 0. The number of aromatic hydroxyl groups is 1. The molecule has 1 heterocycles. The van der Waals surface area contributed by atoms with Crippen molar-refractivity contribution in [1.82, 2.24) is 5.43 Å². The van der Waals surface area contributed by atoms with Crippen molar-refractivity contribution in [3.8, 4) is 5.75 Å². The van der Waals surface area contributed by atoms with Gasteiger partial charge in [0, 0.05) is 17.4 Å². The van der Waals surface area contributed by atoms with Gasteiger partial charge >= 0.3 is 0 Å². The first-order valence-corrected chi connectivity index (χ1v) is 5.81. The van der Waals surface area contributed by atoms with E-state index in [9.17, 15) is 14.7 Å². The molecule has 6 nitrogen and oxygen atoms in total. The first kappa shape index (κ1) is 13.1. The molecular formula is C13H14N2O4. The number of fused-ring (bicyclic) bond motifs is 1. The van der Waals surface area contributed by atoms with Crippen LogP contribution in [-0.2, 0) is 9.59 Å². The van der Waals surface area contributed by atoms with Crippen LogP contribution in [0.25, 0.3) is 11.0 Å². The van der Waals surface area contributed by atoms with Crippen molar-refractivity contribution < 1.29 is 19.1 Å². The summed E-state index contributed by atoms with van der Waals surface area (Å²) < 4.78 is 5.34. The lowest BCUT2D eigenvalue weighted by Crippen LogP contribution is -2.34. The number of hydrazine groups is 1. The average molecular weight is 262 g/mol. The fraction of sp³-hybridized carbons (Fsp3) is 0.231. The van der Waals surface area contributed by atoms with Crippen LogP contribution in [0.2, 0.25) is 0 Å². The van der Waals surface area contributed by atoms with Crippen LogP contribution < -0.4 is 11.3 Å². The summed E-state index contributed by atoms with van der Waals surface area (Å²) in [6.07, 6.45) is 2.77. The highest BCUT2D eigenvalue weighted by molar-refractivity contribution is 5.91. The predicted octanol–water partition coefficient (Wildman–Crippen LogP) is 1.19. The molecule has 0 bridgehead atoms. The third kappa shape index (κ3) is 2.58. The number of phenolic OH excluding ortho intramolecular Hbond substituents is 1. The van der Waals surface area contributed by atoms with Gasteiger partial charge in [-0.15, -0.1) is 0 Å². The molecule has 0 saturated heterocycles. The standard InChI is InChI=1S/C13H14N2O4/c14-15-13(18)9(2-1-5-16)11-7-19-12-4-3-8(17)6-10(11)12/h3-7,9,17H,1-2,14H2,(H,15,18). The molecule has 2 aromatic rings. The molecule has 0 aliphatic rings. The van der Waals surface area contributed by atoms with E-state index in [0.29, 0.717) is 23.0 Å². The van der Waals surface area contributed by atoms with Crippen molar-refractivity contribution in [3.05, 3.63) is 30.0 Å². The number of carbonyl (C=O) groups is 2. The summed E-state index contributed by atoms with van der Waals surface area (Å²) in [6, 6.07) is 4.64. The molecule has 0 saturated carbocycles. The fourth-order valence-corrected chi connectivity index (χ4v) is 2.07. The lowest BCUT2D eigenvalue weighted by atomic mass is 9.93. The van der Waals surface area contributed by atoms with Gasteiger partial charge in [-0.3, -0.25) is 10.2 Å². The Hall–Kier alpha value is -2.34. The number of phenols is 1. The molecule has 0 fully saturated rings. The van der Waals surface area contributed by atoms with E-state index in [0.717, 1.165) is 6.29 Å². The quantitative estimate of drug-likeness (QED) is 0.325. The van der Waals surface area contributed by atoms with Crippen LogP contribution in [0, 0.1) is 0 Å². The second kappa shape index (κ2) is 5.53. The molecule has 1 atom stereocenters. The molecule has 1 unspecified atom stereocenters. The molecule has 19 heavy (non-hydrogen) atoms. The number of rotatable bonds is 5. The van der Waals surface area contributed by atoms with E-state index in [1.165, 1.54) is 18.4 Å². The molecule has 0 aliphatic heterocycles. The highest BCUT2D eigenvalue weighted by Crippen LogP contribution is 2.32. The number of furan rings is 1. The minimum Gasteiger partial charge on any atom is -0.508 e. The third-order valence-corrected chi connectivity index (χ3v) is 2.99. The molecule has 100 valence electrons. The van der Waals surface area contributed by atoms with E-state index >= 15 is 0 Å². The van der Waals surface area contributed by atoms with Crippen LogP contribution in [0.5, 0.6) is 5.75 Å². The van der Waals surface area contributed by atoms with Gasteiger partial charge in [-0.1, -0.05) is 0 Å². The highest BCUT2D eigenvalue weighted by Gasteiger charge is 2.23. The predicted molar refractivity (Wildman–Crippen MR) is 68.2 cm³/mol. The van der Waals surface area contributed by atoms with Crippen LogP contribution >= 0.6 is 0 Å². The number of hydrogen-bond acceptors (Lipinski definition) is 5. The number of benzene rings is 1. The summed E-state index contributed by atoms with van der Waals surface area (Å²) in [5.41, 5.74) is 3.25. The van der Waals surface area contributed by atoms with Crippen molar-refractivity contribution in [3.63, 3.8) is 0 Å². The van der Waals surface area contributed by atoms with E-state index in [4.69, 9.17) is 10.3 Å². The summed E-state index contributed by atoms with van der Waals surface area (Å²) in [5, 5.41) is 10.1. The van der Waals surface area contributed by atoms with Gasteiger partial charge in [0.1, 0.15) is 17.6 Å². The molecule has 0 radical (unpaired) electrons. The Morgan fingerprint density at radius 1 is 1.53 bits per heavy atom. The van der Waals surface area contributed by atoms with E-state index in [1.54, 1.807) is 6.07 Å². The first-order chi connectivity index (χ1) is 9.17. The lowest BCUT2D eigenvalue weighted by Gasteiger charge is -2.12. The van der Waals surface area contributed by atoms with Gasteiger partial charge in [0.2, 0.25) is 5.91 Å². The maximum atomic E-state index is 11.8. The zero-order chi connectivity index (χ0) is 13.8. The lowest BCUT2D eigenvalue weighted by molar-refractivity contribution is -0.122. The highest BCUT2D eigenvalue weighted by atomic mass is 16.3. The Morgan fingerprint density at radius 3 is 3.00 bits per heavy atom. The zero-order valence-corrected chi connectivity index (χ0v) is 10.1. The van der Waals surface area contributed by atoms with E-state index in [2.05, 4.69) is 5.43 Å². The zero-order valence-electron chi connectivity index (χ0n) is 10.1. The number of aldehydes is 1. The molecule has 2 rings (SSSR count). The van der Waals surface area contributed by atoms with Gasteiger partial charge in [0.05, 0.1) is 12.2 Å². The van der Waals surface area contributed by atoms with Crippen molar-refractivity contribution in [2.45, 2.75) is 18.8 Å². The second-order valence-corrected chi connectivity index (χ2v) is 4.18. The average Bonchev–Trinajstić information content (AvgIpc) is 2.82. The Balaban J connectivity index is 2.45. The maximum Gasteiger partial charge on any atom is 0.241 e. The summed E-state index contributed by atoms with van der Waals surface area (Å²) in [7, 11) is 0. The van der Waals surface area contributed by atoms with Crippen LogP contribution in [0.3, 0.4) is 0 Å². The normalized spacial score (nSPS) is 12.3. The van der Waals surface area contributed by atoms with Gasteiger partial charge in [-0.05, 0) is 24.6 Å². The molecule has 1 amide bonds. The Morgan fingerprint density at radius 2 is 2.32 bits per heavy atom. The summed E-state index contributed by atoms with van der Waals surface area (Å²) in [5.74, 6) is 4.26. The minimum absolute atomic E-state index is 0.0810. The van der Waals surface area contributed by atoms with E-state index < -0.39 is 11.8 Å². The Bertz CT molecular complexity index is 606. The van der Waals surface area contributed by atoms with E-state index in [1.807, 2.05) is 0 Å². The summed E-state index contributed by atoms with van der Waals surface area (Å²) >= 11 is 0. The van der Waals surface area contributed by atoms with Gasteiger partial charge in [-0.25, -0.2) is 5.84 Å². The van der Waals surface area contributed by atoms with E-state index in [-0.39, 0.29) is 12.2 Å². The smallest absolute Gasteiger partial charge is 0.241 e. The Kier molecular flexibility index (Phi) is 3.82. The number of nitrogens with two attached hydrogens (primary N) is 1. The molecule has 4 N–H and O–H groups in total. The molecular weight excluding hydrogens is 248 g/mol. The first-order valence-electron chi connectivity index (χ1n) is 5.81. The molecule has 6 heteroatoms. The molecule has 1 aromatic heterocycles. The second-order valence-electron chi connectivity index (χ2n) is 4.18. The number of nitrogens with one attached hydrogen (secondary N) is 1. The van der Waals surface area contributed by atoms with Crippen molar-refractivity contribution in [2.75, 3.05) is 0 Å². The van der Waals surface area contributed by atoms with Gasteiger partial charge < -0.3 is 14.3 Å². The van der Waals surface area contributed by atoms with Crippen LogP contribution in [0.4, 0.5) is 0 Å². The van der Waals surface area contributed by atoms with Gasteiger partial charge in [0.15, 0.2) is 0 Å². The minimum atomic E-state index is -0.585.